The predicted molar refractivity (Wildman–Crippen MR) is 136 cm³/mol. The number of aryl methyl sites for hydroxylation is 4. The molecule has 6 heteroatoms. The lowest BCUT2D eigenvalue weighted by molar-refractivity contribution is -0.120. The molecule has 0 aromatic heterocycles. The van der Waals surface area contributed by atoms with Crippen molar-refractivity contribution in [2.45, 2.75) is 34.6 Å². The smallest absolute Gasteiger partial charge is 0.282 e. The van der Waals surface area contributed by atoms with Crippen LogP contribution in [0.4, 0.5) is 17.1 Å². The molecule has 0 aliphatic carbocycles. The molecule has 1 heterocycles. The second kappa shape index (κ2) is 8.98. The third-order valence-electron chi connectivity index (χ3n) is 5.82. The van der Waals surface area contributed by atoms with E-state index in [2.05, 4.69) is 10.6 Å². The van der Waals surface area contributed by atoms with Gasteiger partial charge in [0.2, 0.25) is 5.91 Å². The van der Waals surface area contributed by atoms with Crippen LogP contribution in [0.1, 0.15) is 34.7 Å². The Morgan fingerprint density at radius 1 is 0.735 bits per heavy atom. The first kappa shape index (κ1) is 23.0. The van der Waals surface area contributed by atoms with Crippen LogP contribution >= 0.6 is 0 Å². The van der Waals surface area contributed by atoms with Gasteiger partial charge in [-0.2, -0.15) is 0 Å². The molecule has 0 fully saturated rings. The highest BCUT2D eigenvalue weighted by Gasteiger charge is 2.40. The topological polar surface area (TPSA) is 78.5 Å². The Morgan fingerprint density at radius 3 is 1.94 bits per heavy atom. The first-order chi connectivity index (χ1) is 16.1. The predicted octanol–water partition coefficient (Wildman–Crippen LogP) is 5.28. The molecule has 3 aromatic rings. The van der Waals surface area contributed by atoms with Crippen LogP contribution in [0.25, 0.3) is 5.57 Å². The fraction of sp³-hybridized carbons (Fsp3) is 0.179. The number of rotatable bonds is 5. The number of carbonyl (C=O) groups excluding carboxylic acids is 3. The van der Waals surface area contributed by atoms with Gasteiger partial charge in [0.1, 0.15) is 5.70 Å². The van der Waals surface area contributed by atoms with Gasteiger partial charge in [-0.1, -0.05) is 24.3 Å². The third-order valence-corrected chi connectivity index (χ3v) is 5.82. The number of anilines is 3. The Morgan fingerprint density at radius 2 is 1.35 bits per heavy atom. The van der Waals surface area contributed by atoms with Gasteiger partial charge in [0.05, 0.1) is 11.3 Å². The summed E-state index contributed by atoms with van der Waals surface area (Å²) >= 11 is 0. The van der Waals surface area contributed by atoms with E-state index in [-0.39, 0.29) is 17.5 Å². The van der Waals surface area contributed by atoms with Crippen molar-refractivity contribution >= 4 is 40.4 Å². The summed E-state index contributed by atoms with van der Waals surface area (Å²) in [5, 5.41) is 5.89. The van der Waals surface area contributed by atoms with Gasteiger partial charge in [-0.3, -0.25) is 14.4 Å². The maximum atomic E-state index is 13.7. The molecule has 1 aliphatic rings. The molecule has 0 unspecified atom stereocenters. The van der Waals surface area contributed by atoms with Crippen molar-refractivity contribution in [3.05, 3.63) is 94.2 Å². The molecule has 34 heavy (non-hydrogen) atoms. The number of benzene rings is 3. The summed E-state index contributed by atoms with van der Waals surface area (Å²) < 4.78 is 0. The van der Waals surface area contributed by atoms with E-state index in [0.717, 1.165) is 22.3 Å². The lowest BCUT2D eigenvalue weighted by Gasteiger charge is -2.17. The zero-order chi connectivity index (χ0) is 24.6. The highest BCUT2D eigenvalue weighted by atomic mass is 16.2. The summed E-state index contributed by atoms with van der Waals surface area (Å²) in [6, 6.07) is 18.4. The van der Waals surface area contributed by atoms with Crippen molar-refractivity contribution in [1.82, 2.24) is 0 Å². The van der Waals surface area contributed by atoms with Crippen LogP contribution in [-0.2, 0) is 14.4 Å². The highest BCUT2D eigenvalue weighted by molar-refractivity contribution is 6.46. The molecule has 0 bridgehead atoms. The molecule has 3 aromatic carbocycles. The van der Waals surface area contributed by atoms with Gasteiger partial charge >= 0.3 is 0 Å². The molecule has 3 amide bonds. The molecule has 1 aliphatic heterocycles. The van der Waals surface area contributed by atoms with Crippen molar-refractivity contribution in [2.75, 3.05) is 15.5 Å². The van der Waals surface area contributed by atoms with Gasteiger partial charge in [0.15, 0.2) is 0 Å². The first-order valence-corrected chi connectivity index (χ1v) is 11.1. The summed E-state index contributed by atoms with van der Waals surface area (Å²) in [4.78, 5) is 39.8. The molecule has 2 N–H and O–H groups in total. The zero-order valence-electron chi connectivity index (χ0n) is 19.9. The van der Waals surface area contributed by atoms with Crippen LogP contribution in [0, 0.1) is 27.7 Å². The normalized spacial score (nSPS) is 13.5. The average molecular weight is 454 g/mol. The standard InChI is InChI=1S/C28H27N3O3/c1-16-12-17(2)14-24(13-16)31-27(33)25(21-7-6-18(3)19(4)15-21)26(28(31)34)30-23-10-8-22(9-11-23)29-20(5)32/h6-15,30H,1-5H3,(H,29,32). The van der Waals surface area contributed by atoms with Gasteiger partial charge < -0.3 is 10.6 Å². The first-order valence-electron chi connectivity index (χ1n) is 11.1. The van der Waals surface area contributed by atoms with E-state index in [1.165, 1.54) is 11.8 Å². The van der Waals surface area contributed by atoms with Gasteiger partial charge in [-0.25, -0.2) is 4.90 Å². The fourth-order valence-electron chi connectivity index (χ4n) is 4.11. The maximum Gasteiger partial charge on any atom is 0.282 e. The Labute approximate surface area is 199 Å². The minimum Gasteiger partial charge on any atom is -0.350 e. The Kier molecular flexibility index (Phi) is 6.07. The van der Waals surface area contributed by atoms with Crippen molar-refractivity contribution in [1.29, 1.82) is 0 Å². The number of nitrogens with one attached hydrogen (secondary N) is 2. The van der Waals surface area contributed by atoms with Crippen molar-refractivity contribution < 1.29 is 14.4 Å². The molecular weight excluding hydrogens is 426 g/mol. The Bertz CT molecular complexity index is 1330. The van der Waals surface area contributed by atoms with Crippen molar-refractivity contribution in [3.8, 4) is 0 Å². The average Bonchev–Trinajstić information content (AvgIpc) is 3.00. The molecule has 4 rings (SSSR count). The van der Waals surface area contributed by atoms with Gasteiger partial charge in [0.25, 0.3) is 11.8 Å². The highest BCUT2D eigenvalue weighted by Crippen LogP contribution is 2.35. The number of hydrogen-bond donors (Lipinski definition) is 2. The number of nitrogens with zero attached hydrogens (tertiary/aromatic N) is 1. The summed E-state index contributed by atoms with van der Waals surface area (Å²) in [6.07, 6.45) is 0. The number of hydrogen-bond acceptors (Lipinski definition) is 4. The van der Waals surface area contributed by atoms with Crippen molar-refractivity contribution in [2.24, 2.45) is 0 Å². The summed E-state index contributed by atoms with van der Waals surface area (Å²) in [5.41, 5.74) is 7.15. The van der Waals surface area contributed by atoms with Gasteiger partial charge in [-0.15, -0.1) is 0 Å². The molecule has 0 atom stereocenters. The zero-order valence-corrected chi connectivity index (χ0v) is 19.9. The molecule has 0 radical (unpaired) electrons. The molecule has 6 nitrogen and oxygen atoms in total. The van der Waals surface area contributed by atoms with E-state index in [0.29, 0.717) is 28.2 Å². The van der Waals surface area contributed by atoms with Crippen LogP contribution in [0.5, 0.6) is 0 Å². The van der Waals surface area contributed by atoms with Gasteiger partial charge in [-0.05, 0) is 91.9 Å². The van der Waals surface area contributed by atoms with E-state index in [9.17, 15) is 14.4 Å². The SMILES string of the molecule is CC(=O)Nc1ccc(NC2=C(c3ccc(C)c(C)c3)C(=O)N(c3cc(C)cc(C)c3)C2=O)cc1. The number of carbonyl (C=O) groups is 3. The molecule has 0 saturated carbocycles. The summed E-state index contributed by atoms with van der Waals surface area (Å²) in [5.74, 6) is -0.939. The lowest BCUT2D eigenvalue weighted by atomic mass is 9.99. The lowest BCUT2D eigenvalue weighted by Crippen LogP contribution is -2.32. The molecule has 0 spiro atoms. The monoisotopic (exact) mass is 453 g/mol. The largest absolute Gasteiger partial charge is 0.350 e. The Hall–Kier alpha value is -4.19. The van der Waals surface area contributed by atoms with Crippen LogP contribution in [0.3, 0.4) is 0 Å². The van der Waals surface area contributed by atoms with Crippen LogP contribution in [-0.4, -0.2) is 17.7 Å². The molecule has 0 saturated heterocycles. The fourth-order valence-corrected chi connectivity index (χ4v) is 4.11. The molecule has 172 valence electrons. The number of amides is 3. The van der Waals surface area contributed by atoms with E-state index in [4.69, 9.17) is 0 Å². The summed E-state index contributed by atoms with van der Waals surface area (Å²) in [7, 11) is 0. The second-order valence-electron chi connectivity index (χ2n) is 8.72. The van der Waals surface area contributed by atoms with E-state index in [1.54, 1.807) is 24.3 Å². The van der Waals surface area contributed by atoms with Crippen LogP contribution in [0.15, 0.2) is 66.4 Å². The van der Waals surface area contributed by atoms with E-state index in [1.807, 2.05) is 64.1 Å². The van der Waals surface area contributed by atoms with Crippen LogP contribution in [0.2, 0.25) is 0 Å². The summed E-state index contributed by atoms with van der Waals surface area (Å²) in [6.45, 7) is 9.31. The quantitative estimate of drug-likeness (QED) is 0.516. The van der Waals surface area contributed by atoms with Crippen molar-refractivity contribution in [3.63, 3.8) is 0 Å². The Balaban J connectivity index is 1.79. The third kappa shape index (κ3) is 4.48. The second-order valence-corrected chi connectivity index (χ2v) is 8.72. The van der Waals surface area contributed by atoms with E-state index >= 15 is 0 Å². The van der Waals surface area contributed by atoms with Crippen LogP contribution < -0.4 is 15.5 Å². The minimum atomic E-state index is -0.408. The minimum absolute atomic E-state index is 0.166. The van der Waals surface area contributed by atoms with Gasteiger partial charge in [0, 0.05) is 18.3 Å². The number of imide groups is 1. The molecular formula is C28H27N3O3. The van der Waals surface area contributed by atoms with E-state index < -0.39 is 5.91 Å². The maximum absolute atomic E-state index is 13.7.